The van der Waals surface area contributed by atoms with E-state index in [0.717, 1.165) is 39.0 Å². The quantitative estimate of drug-likeness (QED) is 0.557. The summed E-state index contributed by atoms with van der Waals surface area (Å²) in [5.74, 6) is 0. The molecule has 0 aromatic heterocycles. The fraction of sp³-hybridized carbons (Fsp3) is 0.571. The Labute approximate surface area is 201 Å². The zero-order valence-electron chi connectivity index (χ0n) is 20.9. The lowest BCUT2D eigenvalue weighted by atomic mass is 10.1. The third-order valence-electron chi connectivity index (χ3n) is 5.82. The van der Waals surface area contributed by atoms with Gasteiger partial charge < -0.3 is 14.9 Å². The van der Waals surface area contributed by atoms with Gasteiger partial charge in [-0.05, 0) is 37.8 Å². The molecule has 1 saturated heterocycles. The van der Waals surface area contributed by atoms with E-state index >= 15 is 0 Å². The maximum absolute atomic E-state index is 9.70. The van der Waals surface area contributed by atoms with Gasteiger partial charge in [0.25, 0.3) is 0 Å². The molecular formula is C28H44N2O3. The Hall–Kier alpha value is -1.76. The highest BCUT2D eigenvalue weighted by Crippen LogP contribution is 2.16. The summed E-state index contributed by atoms with van der Waals surface area (Å²) in [6, 6.07) is 20.8. The number of nitrogens with zero attached hydrogens (tertiary/aromatic N) is 2. The highest BCUT2D eigenvalue weighted by Gasteiger charge is 2.23. The van der Waals surface area contributed by atoms with Crippen LogP contribution < -0.4 is 0 Å². The van der Waals surface area contributed by atoms with Crippen LogP contribution in [0.2, 0.25) is 0 Å². The van der Waals surface area contributed by atoms with Crippen molar-refractivity contribution < 1.29 is 14.9 Å². The van der Waals surface area contributed by atoms with Crippen LogP contribution in [0.5, 0.6) is 0 Å². The number of morpholine rings is 1. The van der Waals surface area contributed by atoms with E-state index in [0.29, 0.717) is 25.3 Å². The van der Waals surface area contributed by atoms with E-state index in [1.54, 1.807) is 6.92 Å². The molecule has 0 radical (unpaired) electrons. The summed E-state index contributed by atoms with van der Waals surface area (Å²) in [5, 5.41) is 19.2. The predicted molar refractivity (Wildman–Crippen MR) is 136 cm³/mol. The van der Waals surface area contributed by atoms with Crippen LogP contribution >= 0.6 is 0 Å². The summed E-state index contributed by atoms with van der Waals surface area (Å²) in [5.41, 5.74) is 2.60. The van der Waals surface area contributed by atoms with Crippen LogP contribution in [-0.4, -0.2) is 70.6 Å². The SMILES string of the molecule is CCC(O)CN(Cc1ccccc1)CC(C)O.CCC1CN(Cc2ccccc2)CC(C)O1. The third kappa shape index (κ3) is 11.3. The van der Waals surface area contributed by atoms with Crippen molar-refractivity contribution in [2.45, 2.75) is 78.0 Å². The normalized spacial score (nSPS) is 20.7. The molecule has 184 valence electrons. The molecule has 1 aliphatic rings. The first-order chi connectivity index (χ1) is 15.9. The van der Waals surface area contributed by atoms with Gasteiger partial charge in [-0.1, -0.05) is 74.5 Å². The highest BCUT2D eigenvalue weighted by molar-refractivity contribution is 5.15. The van der Waals surface area contributed by atoms with Crippen molar-refractivity contribution in [1.82, 2.24) is 9.80 Å². The molecule has 2 aromatic rings. The Bertz CT molecular complexity index is 741. The van der Waals surface area contributed by atoms with Crippen molar-refractivity contribution in [2.75, 3.05) is 26.2 Å². The molecule has 1 heterocycles. The molecular weight excluding hydrogens is 412 g/mol. The second-order valence-corrected chi connectivity index (χ2v) is 9.25. The Balaban J connectivity index is 0.000000234. The zero-order chi connectivity index (χ0) is 24.1. The number of hydrogen-bond donors (Lipinski definition) is 2. The topological polar surface area (TPSA) is 56.2 Å². The summed E-state index contributed by atoms with van der Waals surface area (Å²) in [6.45, 7) is 13.2. The largest absolute Gasteiger partial charge is 0.392 e. The zero-order valence-corrected chi connectivity index (χ0v) is 20.9. The number of benzene rings is 2. The Morgan fingerprint density at radius 1 is 0.939 bits per heavy atom. The molecule has 0 saturated carbocycles. The summed E-state index contributed by atoms with van der Waals surface area (Å²) >= 11 is 0. The average molecular weight is 457 g/mol. The van der Waals surface area contributed by atoms with Crippen LogP contribution in [0, 0.1) is 0 Å². The van der Waals surface area contributed by atoms with Crippen molar-refractivity contribution in [1.29, 1.82) is 0 Å². The number of aliphatic hydroxyl groups excluding tert-OH is 2. The van der Waals surface area contributed by atoms with Gasteiger partial charge >= 0.3 is 0 Å². The van der Waals surface area contributed by atoms with Gasteiger partial charge in [-0.15, -0.1) is 0 Å². The van der Waals surface area contributed by atoms with E-state index < -0.39 is 0 Å². The van der Waals surface area contributed by atoms with Crippen LogP contribution in [-0.2, 0) is 17.8 Å². The molecule has 2 N–H and O–H groups in total. The van der Waals surface area contributed by atoms with E-state index in [4.69, 9.17) is 4.74 Å². The Morgan fingerprint density at radius 3 is 2.09 bits per heavy atom. The van der Waals surface area contributed by atoms with Gasteiger partial charge in [-0.25, -0.2) is 0 Å². The molecule has 0 aliphatic carbocycles. The lowest BCUT2D eigenvalue weighted by Gasteiger charge is -2.36. The number of aliphatic hydroxyl groups is 2. The summed E-state index contributed by atoms with van der Waals surface area (Å²) in [4.78, 5) is 4.59. The summed E-state index contributed by atoms with van der Waals surface area (Å²) in [7, 11) is 0. The maximum Gasteiger partial charge on any atom is 0.0703 e. The fourth-order valence-corrected chi connectivity index (χ4v) is 4.18. The number of rotatable bonds is 10. The van der Waals surface area contributed by atoms with Gasteiger partial charge in [-0.3, -0.25) is 9.80 Å². The first-order valence-electron chi connectivity index (χ1n) is 12.4. The van der Waals surface area contributed by atoms with Gasteiger partial charge in [0.2, 0.25) is 0 Å². The van der Waals surface area contributed by atoms with Crippen LogP contribution in [0.4, 0.5) is 0 Å². The number of hydrogen-bond acceptors (Lipinski definition) is 5. The van der Waals surface area contributed by atoms with Gasteiger partial charge in [0.1, 0.15) is 0 Å². The fourth-order valence-electron chi connectivity index (χ4n) is 4.18. The monoisotopic (exact) mass is 456 g/mol. The van der Waals surface area contributed by atoms with Gasteiger partial charge in [0.15, 0.2) is 0 Å². The second-order valence-electron chi connectivity index (χ2n) is 9.25. The second kappa shape index (κ2) is 15.2. The average Bonchev–Trinajstić information content (AvgIpc) is 2.80. The first-order valence-corrected chi connectivity index (χ1v) is 12.4. The smallest absolute Gasteiger partial charge is 0.0703 e. The Morgan fingerprint density at radius 2 is 1.55 bits per heavy atom. The van der Waals surface area contributed by atoms with Crippen molar-refractivity contribution >= 4 is 0 Å². The molecule has 5 nitrogen and oxygen atoms in total. The molecule has 4 unspecified atom stereocenters. The third-order valence-corrected chi connectivity index (χ3v) is 5.82. The van der Waals surface area contributed by atoms with Crippen LogP contribution in [0.1, 0.15) is 51.7 Å². The van der Waals surface area contributed by atoms with Gasteiger partial charge in [0.05, 0.1) is 24.4 Å². The molecule has 0 spiro atoms. The van der Waals surface area contributed by atoms with Gasteiger partial charge in [0, 0.05) is 39.3 Å². The lowest BCUT2D eigenvalue weighted by molar-refractivity contribution is -0.0800. The Kier molecular flexibility index (Phi) is 12.7. The lowest BCUT2D eigenvalue weighted by Crippen LogP contribution is -2.45. The molecule has 1 fully saturated rings. The van der Waals surface area contributed by atoms with E-state index in [9.17, 15) is 10.2 Å². The molecule has 2 aromatic carbocycles. The number of ether oxygens (including phenoxy) is 1. The van der Waals surface area contributed by atoms with Crippen molar-refractivity contribution in [3.8, 4) is 0 Å². The molecule has 33 heavy (non-hydrogen) atoms. The van der Waals surface area contributed by atoms with Crippen molar-refractivity contribution in [3.05, 3.63) is 71.8 Å². The minimum Gasteiger partial charge on any atom is -0.392 e. The molecule has 1 aliphatic heterocycles. The summed E-state index contributed by atoms with van der Waals surface area (Å²) < 4.78 is 5.86. The molecule has 3 rings (SSSR count). The molecule has 4 atom stereocenters. The molecule has 0 bridgehead atoms. The predicted octanol–water partition coefficient (Wildman–Crippen LogP) is 4.33. The first kappa shape index (κ1) is 27.5. The van der Waals surface area contributed by atoms with Gasteiger partial charge in [-0.2, -0.15) is 0 Å². The highest BCUT2D eigenvalue weighted by atomic mass is 16.5. The summed E-state index contributed by atoms with van der Waals surface area (Å²) in [6.07, 6.45) is 1.93. The van der Waals surface area contributed by atoms with E-state index in [1.165, 1.54) is 11.1 Å². The maximum atomic E-state index is 9.70. The van der Waals surface area contributed by atoms with Crippen LogP contribution in [0.15, 0.2) is 60.7 Å². The standard InChI is InChI=1S/C14H23NO2.C14H21NO/c1-3-14(17)11-15(9-12(2)16)10-13-7-5-4-6-8-13;1-3-14-11-15(9-12(2)16-14)10-13-7-5-4-6-8-13/h4-8,12,14,16-17H,3,9-11H2,1-2H3;4-8,12,14H,3,9-11H2,1-2H3. The van der Waals surface area contributed by atoms with Crippen molar-refractivity contribution in [3.63, 3.8) is 0 Å². The van der Waals surface area contributed by atoms with E-state index in [1.807, 2.05) is 25.1 Å². The molecule has 5 heteroatoms. The van der Waals surface area contributed by atoms with Crippen LogP contribution in [0.3, 0.4) is 0 Å². The van der Waals surface area contributed by atoms with Crippen molar-refractivity contribution in [2.24, 2.45) is 0 Å². The minimum absolute atomic E-state index is 0.322. The minimum atomic E-state index is -0.372. The molecule has 0 amide bonds. The van der Waals surface area contributed by atoms with E-state index in [-0.39, 0.29) is 12.2 Å². The van der Waals surface area contributed by atoms with Crippen LogP contribution in [0.25, 0.3) is 0 Å². The van der Waals surface area contributed by atoms with E-state index in [2.05, 4.69) is 66.1 Å².